The van der Waals surface area contributed by atoms with Crippen LogP contribution < -0.4 is 5.32 Å². The van der Waals surface area contributed by atoms with E-state index in [1.165, 1.54) is 12.1 Å². The molecule has 0 aromatic heterocycles. The third kappa shape index (κ3) is 5.22. The number of amides is 1. The highest BCUT2D eigenvalue weighted by molar-refractivity contribution is 8.00. The molecule has 1 rings (SSSR count). The molecule has 0 bridgehead atoms. The smallest absolute Gasteiger partial charge is 0.254 e. The lowest BCUT2D eigenvalue weighted by molar-refractivity contribution is 0.0952. The Morgan fingerprint density at radius 2 is 2.00 bits per heavy atom. The number of carbonyl (C=O) groups excluding carboxylic acids is 1. The summed E-state index contributed by atoms with van der Waals surface area (Å²) in [6, 6.07) is 6.00. The van der Waals surface area contributed by atoms with Gasteiger partial charge in [0.2, 0.25) is 0 Å². The summed E-state index contributed by atoms with van der Waals surface area (Å²) in [6.45, 7) is 6.91. The molecule has 1 N–H and O–H groups in total. The van der Waals surface area contributed by atoms with E-state index in [0.29, 0.717) is 6.54 Å². The van der Waals surface area contributed by atoms with Crippen LogP contribution in [0.3, 0.4) is 0 Å². The van der Waals surface area contributed by atoms with Gasteiger partial charge in [0.15, 0.2) is 0 Å². The van der Waals surface area contributed by atoms with Crippen LogP contribution >= 0.6 is 11.8 Å². The van der Waals surface area contributed by atoms with Crippen molar-refractivity contribution in [2.45, 2.75) is 25.5 Å². The van der Waals surface area contributed by atoms with Gasteiger partial charge in [0, 0.05) is 17.0 Å². The summed E-state index contributed by atoms with van der Waals surface area (Å²) < 4.78 is 13.5. The lowest BCUT2D eigenvalue weighted by Gasteiger charge is -2.17. The average Bonchev–Trinajstić information content (AvgIpc) is 2.23. The molecular weight excluding hydrogens is 237 g/mol. The van der Waals surface area contributed by atoms with Crippen molar-refractivity contribution in [2.24, 2.45) is 0 Å². The van der Waals surface area contributed by atoms with E-state index >= 15 is 0 Å². The van der Waals surface area contributed by atoms with E-state index in [9.17, 15) is 9.18 Å². The zero-order chi connectivity index (χ0) is 12.9. The molecule has 1 aromatic rings. The molecule has 0 radical (unpaired) electrons. The van der Waals surface area contributed by atoms with Gasteiger partial charge in [-0.1, -0.05) is 32.9 Å². The van der Waals surface area contributed by atoms with Crippen LogP contribution in [0.5, 0.6) is 0 Å². The Labute approximate surface area is 106 Å². The first-order chi connectivity index (χ1) is 7.90. The van der Waals surface area contributed by atoms with Crippen molar-refractivity contribution in [1.82, 2.24) is 5.32 Å². The second-order valence-electron chi connectivity index (χ2n) is 4.70. The molecular formula is C13H18FNOS. The van der Waals surface area contributed by atoms with E-state index in [-0.39, 0.29) is 16.2 Å². The lowest BCUT2D eigenvalue weighted by Crippen LogP contribution is -2.27. The number of nitrogens with one attached hydrogen (secondary N) is 1. The van der Waals surface area contributed by atoms with Crippen LogP contribution in [0, 0.1) is 5.82 Å². The van der Waals surface area contributed by atoms with Crippen LogP contribution in [-0.4, -0.2) is 23.0 Å². The van der Waals surface area contributed by atoms with Gasteiger partial charge in [-0.2, -0.15) is 11.8 Å². The fourth-order valence-corrected chi connectivity index (χ4v) is 2.08. The molecule has 4 heteroatoms. The number of hydrogen-bond acceptors (Lipinski definition) is 2. The topological polar surface area (TPSA) is 29.1 Å². The summed E-state index contributed by atoms with van der Waals surface area (Å²) in [5.74, 6) is -0.00459. The maximum absolute atomic E-state index is 13.3. The highest BCUT2D eigenvalue weighted by atomic mass is 32.2. The molecule has 0 atom stereocenters. The van der Waals surface area contributed by atoms with Gasteiger partial charge in [0.1, 0.15) is 5.82 Å². The molecule has 94 valence electrons. The van der Waals surface area contributed by atoms with E-state index in [2.05, 4.69) is 26.1 Å². The van der Waals surface area contributed by atoms with Crippen LogP contribution in [0.4, 0.5) is 4.39 Å². The van der Waals surface area contributed by atoms with Crippen molar-refractivity contribution < 1.29 is 9.18 Å². The van der Waals surface area contributed by atoms with Gasteiger partial charge in [0.05, 0.1) is 5.56 Å². The van der Waals surface area contributed by atoms with Crippen molar-refractivity contribution >= 4 is 17.7 Å². The maximum atomic E-state index is 13.3. The predicted molar refractivity (Wildman–Crippen MR) is 70.9 cm³/mol. The summed E-state index contributed by atoms with van der Waals surface area (Å²) in [4.78, 5) is 11.6. The average molecular weight is 255 g/mol. The Kier molecular flexibility index (Phi) is 5.00. The van der Waals surface area contributed by atoms with Gasteiger partial charge < -0.3 is 5.32 Å². The Bertz CT molecular complexity index is 387. The molecule has 0 saturated carbocycles. The van der Waals surface area contributed by atoms with Crippen molar-refractivity contribution in [1.29, 1.82) is 0 Å². The third-order valence-electron chi connectivity index (χ3n) is 2.04. The summed E-state index contributed by atoms with van der Waals surface area (Å²) >= 11 is 1.77. The van der Waals surface area contributed by atoms with Crippen LogP contribution in [0.15, 0.2) is 24.3 Å². The first-order valence-electron chi connectivity index (χ1n) is 5.57. The summed E-state index contributed by atoms with van der Waals surface area (Å²) in [5, 5.41) is 2.71. The highest BCUT2D eigenvalue weighted by Crippen LogP contribution is 2.22. The molecule has 1 aromatic carbocycles. The Balaban J connectivity index is 2.39. The normalized spacial score (nSPS) is 11.3. The van der Waals surface area contributed by atoms with E-state index in [0.717, 1.165) is 5.75 Å². The van der Waals surface area contributed by atoms with Crippen LogP contribution in [0.25, 0.3) is 0 Å². The summed E-state index contributed by atoms with van der Waals surface area (Å²) in [5.41, 5.74) is 0.105. The molecule has 2 nitrogen and oxygen atoms in total. The second kappa shape index (κ2) is 6.05. The van der Waals surface area contributed by atoms with Crippen molar-refractivity contribution in [3.8, 4) is 0 Å². The lowest BCUT2D eigenvalue weighted by atomic mass is 10.2. The molecule has 0 aliphatic carbocycles. The molecule has 0 saturated heterocycles. The molecule has 17 heavy (non-hydrogen) atoms. The first-order valence-corrected chi connectivity index (χ1v) is 6.55. The van der Waals surface area contributed by atoms with E-state index in [1.807, 2.05) is 0 Å². The zero-order valence-electron chi connectivity index (χ0n) is 10.4. The van der Waals surface area contributed by atoms with Gasteiger partial charge in [-0.15, -0.1) is 0 Å². The molecule has 0 fully saturated rings. The third-order valence-corrected chi connectivity index (χ3v) is 3.32. The highest BCUT2D eigenvalue weighted by Gasteiger charge is 2.12. The summed E-state index contributed by atoms with van der Waals surface area (Å²) in [7, 11) is 0. The maximum Gasteiger partial charge on any atom is 0.254 e. The van der Waals surface area contributed by atoms with Crippen LogP contribution in [-0.2, 0) is 0 Å². The Hall–Kier alpha value is -1.03. The minimum absolute atomic E-state index is 0.105. The van der Waals surface area contributed by atoms with Gasteiger partial charge in [0.25, 0.3) is 5.91 Å². The van der Waals surface area contributed by atoms with Crippen LogP contribution in [0.1, 0.15) is 31.1 Å². The minimum atomic E-state index is -0.478. The van der Waals surface area contributed by atoms with Crippen molar-refractivity contribution in [3.05, 3.63) is 35.6 Å². The first kappa shape index (κ1) is 14.0. The number of benzene rings is 1. The molecule has 0 aliphatic heterocycles. The molecule has 0 aliphatic rings. The fourth-order valence-electron chi connectivity index (χ4n) is 1.26. The number of rotatable bonds is 4. The van der Waals surface area contributed by atoms with E-state index in [4.69, 9.17) is 0 Å². The SMILES string of the molecule is CC(C)(C)SCCNC(=O)c1ccccc1F. The molecule has 0 unspecified atom stereocenters. The monoisotopic (exact) mass is 255 g/mol. The number of carbonyl (C=O) groups is 1. The Morgan fingerprint density at radius 3 is 2.59 bits per heavy atom. The summed E-state index contributed by atoms with van der Waals surface area (Å²) in [6.07, 6.45) is 0. The number of hydrogen-bond donors (Lipinski definition) is 1. The number of thioether (sulfide) groups is 1. The van der Waals surface area contributed by atoms with E-state index < -0.39 is 5.82 Å². The van der Waals surface area contributed by atoms with Gasteiger partial charge in [-0.05, 0) is 12.1 Å². The standard InChI is InChI=1S/C13H18FNOS/c1-13(2,3)17-9-8-15-12(16)10-6-4-5-7-11(10)14/h4-7H,8-9H2,1-3H3,(H,15,16). The predicted octanol–water partition coefficient (Wildman–Crippen LogP) is 3.09. The largest absolute Gasteiger partial charge is 0.351 e. The second-order valence-corrected chi connectivity index (χ2v) is 6.62. The van der Waals surface area contributed by atoms with Crippen molar-refractivity contribution in [2.75, 3.05) is 12.3 Å². The van der Waals surface area contributed by atoms with Crippen LogP contribution in [0.2, 0.25) is 0 Å². The zero-order valence-corrected chi connectivity index (χ0v) is 11.2. The quantitative estimate of drug-likeness (QED) is 0.838. The minimum Gasteiger partial charge on any atom is -0.351 e. The molecule has 0 spiro atoms. The van der Waals surface area contributed by atoms with E-state index in [1.54, 1.807) is 23.9 Å². The van der Waals surface area contributed by atoms with Gasteiger partial charge >= 0.3 is 0 Å². The Morgan fingerprint density at radius 1 is 1.35 bits per heavy atom. The fraction of sp³-hybridized carbons (Fsp3) is 0.462. The van der Waals surface area contributed by atoms with Crippen molar-refractivity contribution in [3.63, 3.8) is 0 Å². The number of halogens is 1. The molecule has 0 heterocycles. The van der Waals surface area contributed by atoms with Gasteiger partial charge in [-0.25, -0.2) is 4.39 Å². The molecule has 1 amide bonds. The van der Waals surface area contributed by atoms with Gasteiger partial charge in [-0.3, -0.25) is 4.79 Å².